The van der Waals surface area contributed by atoms with E-state index in [4.69, 9.17) is 0 Å². The predicted molar refractivity (Wildman–Crippen MR) is 74.2 cm³/mol. The Labute approximate surface area is 113 Å². The normalized spacial score (nSPS) is 32.1. The third-order valence-electron chi connectivity index (χ3n) is 5.27. The van der Waals surface area contributed by atoms with Gasteiger partial charge in [-0.25, -0.2) is 4.68 Å². The maximum Gasteiger partial charge on any atom is 0.268 e. The molecule has 0 spiro atoms. The Balaban J connectivity index is 1.59. The number of aryl methyl sites for hydroxylation is 1. The molecule has 2 heterocycles. The smallest absolute Gasteiger partial charge is 0.268 e. The molecule has 4 nitrogen and oxygen atoms in total. The summed E-state index contributed by atoms with van der Waals surface area (Å²) in [6, 6.07) is 1.74. The molecule has 0 aromatic carbocycles. The highest BCUT2D eigenvalue weighted by atomic mass is 16.1. The van der Waals surface area contributed by atoms with Crippen LogP contribution in [0.3, 0.4) is 0 Å². The molecular weight excluding hydrogens is 238 g/mol. The van der Waals surface area contributed by atoms with Crippen LogP contribution in [0.5, 0.6) is 0 Å². The van der Waals surface area contributed by atoms with E-state index < -0.39 is 0 Å². The van der Waals surface area contributed by atoms with E-state index in [2.05, 4.69) is 10.4 Å². The summed E-state index contributed by atoms with van der Waals surface area (Å²) in [7, 11) is 0. The Hall–Kier alpha value is -1.32. The van der Waals surface area contributed by atoms with Crippen molar-refractivity contribution < 1.29 is 0 Å². The number of hydrogen-bond acceptors (Lipinski definition) is 3. The number of hydrogen-bond donors (Lipinski definition) is 1. The first-order valence-corrected chi connectivity index (χ1v) is 7.64. The number of fused-ring (bicyclic) bond motifs is 3. The third-order valence-corrected chi connectivity index (χ3v) is 5.27. The lowest BCUT2D eigenvalue weighted by atomic mass is 9.89. The van der Waals surface area contributed by atoms with Crippen molar-refractivity contribution in [2.45, 2.75) is 45.1 Å². The summed E-state index contributed by atoms with van der Waals surface area (Å²) in [4.78, 5) is 12.1. The second-order valence-electron chi connectivity index (χ2n) is 6.49. The highest BCUT2D eigenvalue weighted by Gasteiger charge is 2.39. The van der Waals surface area contributed by atoms with Crippen molar-refractivity contribution in [2.24, 2.45) is 17.8 Å². The molecule has 2 fully saturated rings. The van der Waals surface area contributed by atoms with Gasteiger partial charge in [0.05, 0.1) is 11.4 Å². The van der Waals surface area contributed by atoms with E-state index in [9.17, 15) is 4.79 Å². The van der Waals surface area contributed by atoms with Gasteiger partial charge in [-0.2, -0.15) is 5.10 Å². The van der Waals surface area contributed by atoms with E-state index in [0.717, 1.165) is 49.1 Å². The van der Waals surface area contributed by atoms with E-state index in [1.165, 1.54) is 25.7 Å². The Morgan fingerprint density at radius 3 is 3.11 bits per heavy atom. The molecular formula is C15H21N3O. The van der Waals surface area contributed by atoms with Crippen LogP contribution < -0.4 is 10.9 Å². The molecule has 3 atom stereocenters. The molecule has 4 rings (SSSR count). The van der Waals surface area contributed by atoms with Crippen molar-refractivity contribution in [3.05, 3.63) is 22.1 Å². The van der Waals surface area contributed by atoms with Crippen LogP contribution in [0, 0.1) is 17.8 Å². The summed E-state index contributed by atoms with van der Waals surface area (Å²) in [6.07, 6.45) is 7.61. The maximum atomic E-state index is 12.1. The summed E-state index contributed by atoms with van der Waals surface area (Å²) in [6.45, 7) is 1.80. The molecule has 19 heavy (non-hydrogen) atoms. The molecule has 0 saturated heterocycles. The van der Waals surface area contributed by atoms with Crippen molar-refractivity contribution in [3.8, 4) is 0 Å². The first kappa shape index (κ1) is 11.5. The van der Waals surface area contributed by atoms with Gasteiger partial charge < -0.3 is 5.32 Å². The minimum atomic E-state index is 0.0657. The van der Waals surface area contributed by atoms with Crippen molar-refractivity contribution in [3.63, 3.8) is 0 Å². The minimum Gasteiger partial charge on any atom is -0.383 e. The highest BCUT2D eigenvalue weighted by Crippen LogP contribution is 2.48. The second kappa shape index (κ2) is 4.36. The second-order valence-corrected chi connectivity index (χ2v) is 6.49. The van der Waals surface area contributed by atoms with Crippen LogP contribution in [-0.2, 0) is 13.0 Å². The first-order chi connectivity index (χ1) is 9.29. The van der Waals surface area contributed by atoms with Crippen molar-refractivity contribution >= 4 is 5.69 Å². The number of aromatic nitrogens is 2. The van der Waals surface area contributed by atoms with Gasteiger partial charge in [0.25, 0.3) is 5.56 Å². The van der Waals surface area contributed by atoms with Crippen LogP contribution in [0.25, 0.3) is 0 Å². The van der Waals surface area contributed by atoms with Gasteiger partial charge in [0.15, 0.2) is 0 Å². The van der Waals surface area contributed by atoms with E-state index in [1.807, 2.05) is 0 Å². The van der Waals surface area contributed by atoms with Crippen molar-refractivity contribution in [1.29, 1.82) is 0 Å². The zero-order valence-electron chi connectivity index (χ0n) is 11.3. The molecule has 2 bridgehead atoms. The van der Waals surface area contributed by atoms with Gasteiger partial charge in [-0.05, 0) is 49.9 Å². The Morgan fingerprint density at radius 2 is 2.32 bits per heavy atom. The van der Waals surface area contributed by atoms with Gasteiger partial charge in [0, 0.05) is 19.2 Å². The molecule has 102 valence electrons. The fourth-order valence-corrected chi connectivity index (χ4v) is 4.30. The zero-order chi connectivity index (χ0) is 12.8. The minimum absolute atomic E-state index is 0.0657. The van der Waals surface area contributed by atoms with Gasteiger partial charge in [-0.3, -0.25) is 4.79 Å². The molecule has 4 heteroatoms. The summed E-state index contributed by atoms with van der Waals surface area (Å²) < 4.78 is 1.73. The van der Waals surface area contributed by atoms with Gasteiger partial charge in [0.2, 0.25) is 0 Å². The first-order valence-electron chi connectivity index (χ1n) is 7.64. The molecule has 2 saturated carbocycles. The average molecular weight is 259 g/mol. The predicted octanol–water partition coefficient (Wildman–Crippen LogP) is 2.04. The summed E-state index contributed by atoms with van der Waals surface area (Å²) in [5.74, 6) is 2.48. The van der Waals surface area contributed by atoms with Crippen LogP contribution in [0.2, 0.25) is 0 Å². The maximum absolute atomic E-state index is 12.1. The molecule has 0 radical (unpaired) electrons. The lowest BCUT2D eigenvalue weighted by Crippen LogP contribution is -2.31. The lowest BCUT2D eigenvalue weighted by molar-refractivity contribution is 0.279. The molecule has 1 aromatic rings. The number of anilines is 1. The molecule has 0 amide bonds. The van der Waals surface area contributed by atoms with Crippen LogP contribution in [0.15, 0.2) is 10.9 Å². The van der Waals surface area contributed by atoms with Gasteiger partial charge in [-0.15, -0.1) is 0 Å². The number of nitrogens with zero attached hydrogens (tertiary/aromatic N) is 2. The van der Waals surface area contributed by atoms with Crippen molar-refractivity contribution in [2.75, 3.05) is 11.9 Å². The van der Waals surface area contributed by atoms with E-state index >= 15 is 0 Å². The largest absolute Gasteiger partial charge is 0.383 e. The zero-order valence-corrected chi connectivity index (χ0v) is 11.3. The van der Waals surface area contributed by atoms with E-state index in [1.54, 1.807) is 10.7 Å². The summed E-state index contributed by atoms with van der Waals surface area (Å²) >= 11 is 0. The highest BCUT2D eigenvalue weighted by molar-refractivity contribution is 5.48. The van der Waals surface area contributed by atoms with Crippen LogP contribution in [0.1, 0.15) is 37.8 Å². The van der Waals surface area contributed by atoms with Crippen LogP contribution >= 0.6 is 0 Å². The van der Waals surface area contributed by atoms with Crippen LogP contribution in [-0.4, -0.2) is 16.3 Å². The Kier molecular flexibility index (Phi) is 2.64. The molecule has 3 aliphatic rings. The molecule has 1 aromatic heterocycles. The van der Waals surface area contributed by atoms with Crippen molar-refractivity contribution in [1.82, 2.24) is 9.78 Å². The quantitative estimate of drug-likeness (QED) is 0.884. The average Bonchev–Trinajstić information content (AvgIpc) is 3.02. The van der Waals surface area contributed by atoms with Gasteiger partial charge in [-0.1, -0.05) is 6.42 Å². The summed E-state index contributed by atoms with van der Waals surface area (Å²) in [5.41, 5.74) is 2.10. The van der Waals surface area contributed by atoms with Gasteiger partial charge >= 0.3 is 0 Å². The van der Waals surface area contributed by atoms with Crippen LogP contribution in [0.4, 0.5) is 5.69 Å². The monoisotopic (exact) mass is 259 g/mol. The molecule has 3 unspecified atom stereocenters. The fourth-order valence-electron chi connectivity index (χ4n) is 4.30. The molecule has 1 N–H and O–H groups in total. The molecule has 1 aliphatic heterocycles. The standard InChI is InChI=1S/C15H21N3O/c19-15-8-14-13(2-1-5-16-14)17-18(15)9-12-7-10-3-4-11(12)6-10/h8,10-12,16H,1-7,9H2. The number of rotatable bonds is 2. The molecule has 2 aliphatic carbocycles. The third kappa shape index (κ3) is 1.97. The number of nitrogens with one attached hydrogen (secondary N) is 1. The Morgan fingerprint density at radius 1 is 1.37 bits per heavy atom. The summed E-state index contributed by atoms with van der Waals surface area (Å²) in [5, 5.41) is 7.88. The SMILES string of the molecule is O=c1cc2c(nn1CC1CC3CCC1C3)CCCN2. The fraction of sp³-hybridized carbons (Fsp3) is 0.733. The van der Waals surface area contributed by atoms with E-state index in [0.29, 0.717) is 5.92 Å². The van der Waals surface area contributed by atoms with E-state index in [-0.39, 0.29) is 5.56 Å². The lowest BCUT2D eigenvalue weighted by Gasteiger charge is -2.23. The topological polar surface area (TPSA) is 46.9 Å². The van der Waals surface area contributed by atoms with Gasteiger partial charge in [0.1, 0.15) is 0 Å². The Bertz CT molecular complexity index is 551.